The number of ether oxygens (including phenoxy) is 1. The molecule has 0 fully saturated rings. The van der Waals surface area contributed by atoms with Crippen LogP contribution in [-0.4, -0.2) is 17.3 Å². The van der Waals surface area contributed by atoms with Gasteiger partial charge in [0.05, 0.1) is 17.3 Å². The van der Waals surface area contributed by atoms with Crippen molar-refractivity contribution in [3.8, 4) is 5.75 Å². The van der Waals surface area contributed by atoms with Crippen molar-refractivity contribution in [1.29, 1.82) is 0 Å². The lowest BCUT2D eigenvalue weighted by molar-refractivity contribution is 0.344. The third-order valence-corrected chi connectivity index (χ3v) is 3.51. The number of hydrogen-bond acceptors (Lipinski definition) is 4. The first-order chi connectivity index (χ1) is 8.77. The normalized spacial score (nSPS) is 10.3. The van der Waals surface area contributed by atoms with E-state index < -0.39 is 0 Å². The minimum Gasteiger partial charge on any atom is -0.491 e. The van der Waals surface area contributed by atoms with E-state index in [0.29, 0.717) is 23.1 Å². The molecule has 5 heteroatoms. The Morgan fingerprint density at radius 1 is 1.22 bits per heavy atom. The first-order valence-electron chi connectivity index (χ1n) is 5.48. The molecule has 0 atom stereocenters. The second kappa shape index (κ2) is 6.52. The number of hydrogen-bond donors (Lipinski definition) is 1. The van der Waals surface area contributed by atoms with Gasteiger partial charge in [0, 0.05) is 11.9 Å². The summed E-state index contributed by atoms with van der Waals surface area (Å²) in [5.41, 5.74) is 6.49. The van der Waals surface area contributed by atoms with Gasteiger partial charge >= 0.3 is 0 Å². The highest BCUT2D eigenvalue weighted by molar-refractivity contribution is 7.99. The molecule has 0 bridgehead atoms. The van der Waals surface area contributed by atoms with Crippen molar-refractivity contribution in [2.75, 3.05) is 18.1 Å². The lowest BCUT2D eigenvalue weighted by Crippen LogP contribution is -2.01. The van der Waals surface area contributed by atoms with Crippen molar-refractivity contribution in [2.24, 2.45) is 0 Å². The third kappa shape index (κ3) is 3.55. The van der Waals surface area contributed by atoms with Crippen LogP contribution >= 0.6 is 23.4 Å². The number of aromatic nitrogens is 1. The Kier molecular flexibility index (Phi) is 4.73. The van der Waals surface area contributed by atoms with Gasteiger partial charge in [-0.15, -0.1) is 11.8 Å². The monoisotopic (exact) mass is 280 g/mol. The lowest BCUT2D eigenvalue weighted by atomic mass is 10.3. The molecule has 0 amide bonds. The van der Waals surface area contributed by atoms with Crippen molar-refractivity contribution < 1.29 is 4.74 Å². The fourth-order valence-electron chi connectivity index (χ4n) is 1.38. The Labute approximate surface area is 115 Å². The quantitative estimate of drug-likeness (QED) is 0.673. The predicted octanol–water partition coefficient (Wildman–Crippen LogP) is 3.49. The molecule has 3 nitrogen and oxygen atoms in total. The average molecular weight is 281 g/mol. The number of nitrogens with two attached hydrogens (primary N) is 1. The van der Waals surface area contributed by atoms with Crippen LogP contribution in [-0.2, 0) is 0 Å². The number of nitrogens with zero attached hydrogens (tertiary/aromatic N) is 1. The van der Waals surface area contributed by atoms with Gasteiger partial charge in [-0.2, -0.15) is 0 Å². The Bertz CT molecular complexity index is 474. The highest BCUT2D eigenvalue weighted by Crippen LogP contribution is 2.24. The SMILES string of the molecule is Nc1cccnc1SCCOc1ccccc1Cl. The van der Waals surface area contributed by atoms with Crippen LogP contribution in [0.4, 0.5) is 5.69 Å². The third-order valence-electron chi connectivity index (χ3n) is 2.22. The summed E-state index contributed by atoms with van der Waals surface area (Å²) in [6, 6.07) is 11.1. The largest absolute Gasteiger partial charge is 0.491 e. The van der Waals surface area contributed by atoms with E-state index in [2.05, 4.69) is 4.98 Å². The highest BCUT2D eigenvalue weighted by Gasteiger charge is 2.02. The maximum atomic E-state index is 5.98. The van der Waals surface area contributed by atoms with Gasteiger partial charge in [0.25, 0.3) is 0 Å². The number of pyridine rings is 1. The molecule has 1 heterocycles. The molecule has 1 aromatic heterocycles. The van der Waals surface area contributed by atoms with Crippen molar-refractivity contribution in [3.63, 3.8) is 0 Å². The molecule has 0 unspecified atom stereocenters. The van der Waals surface area contributed by atoms with Gasteiger partial charge in [0.1, 0.15) is 10.8 Å². The smallest absolute Gasteiger partial charge is 0.137 e. The van der Waals surface area contributed by atoms with Crippen LogP contribution in [0.25, 0.3) is 0 Å². The molecule has 0 aliphatic heterocycles. The topological polar surface area (TPSA) is 48.1 Å². The molecular formula is C13H13ClN2OS. The maximum Gasteiger partial charge on any atom is 0.137 e. The summed E-state index contributed by atoms with van der Waals surface area (Å²) in [6.07, 6.45) is 1.73. The molecule has 18 heavy (non-hydrogen) atoms. The summed E-state index contributed by atoms with van der Waals surface area (Å²) < 4.78 is 5.58. The molecule has 0 aliphatic carbocycles. The lowest BCUT2D eigenvalue weighted by Gasteiger charge is -2.07. The summed E-state index contributed by atoms with van der Waals surface area (Å²) in [5.74, 6) is 1.47. The Hall–Kier alpha value is -1.39. The zero-order valence-corrected chi connectivity index (χ0v) is 11.2. The summed E-state index contributed by atoms with van der Waals surface area (Å²) >= 11 is 7.55. The molecule has 0 saturated carbocycles. The number of anilines is 1. The molecule has 0 radical (unpaired) electrons. The van der Waals surface area contributed by atoms with E-state index in [1.54, 1.807) is 24.0 Å². The molecule has 2 aromatic rings. The van der Waals surface area contributed by atoms with Gasteiger partial charge in [0.15, 0.2) is 0 Å². The van der Waals surface area contributed by atoms with E-state index in [1.165, 1.54) is 0 Å². The summed E-state index contributed by atoms with van der Waals surface area (Å²) in [6.45, 7) is 0.560. The highest BCUT2D eigenvalue weighted by atomic mass is 35.5. The molecule has 0 aliphatic rings. The molecule has 2 rings (SSSR count). The van der Waals surface area contributed by atoms with Gasteiger partial charge < -0.3 is 10.5 Å². The van der Waals surface area contributed by atoms with Gasteiger partial charge in [-0.3, -0.25) is 0 Å². The van der Waals surface area contributed by atoms with Crippen LogP contribution < -0.4 is 10.5 Å². The van der Waals surface area contributed by atoms with Crippen LogP contribution in [0.3, 0.4) is 0 Å². The maximum absolute atomic E-state index is 5.98. The number of benzene rings is 1. The standard InChI is InChI=1S/C13H13ClN2OS/c14-10-4-1-2-6-12(10)17-8-9-18-13-11(15)5-3-7-16-13/h1-7H,8-9,15H2. The van der Waals surface area contributed by atoms with Crippen molar-refractivity contribution >= 4 is 29.1 Å². The number of thioether (sulfide) groups is 1. The van der Waals surface area contributed by atoms with Crippen LogP contribution in [0.1, 0.15) is 0 Å². The van der Waals surface area contributed by atoms with Crippen molar-refractivity contribution in [3.05, 3.63) is 47.6 Å². The van der Waals surface area contributed by atoms with Crippen LogP contribution in [0, 0.1) is 0 Å². The minimum absolute atomic E-state index is 0.560. The predicted molar refractivity (Wildman–Crippen MR) is 76.3 cm³/mol. The van der Waals surface area contributed by atoms with E-state index in [4.69, 9.17) is 22.1 Å². The molecule has 94 valence electrons. The van der Waals surface area contributed by atoms with Gasteiger partial charge in [-0.1, -0.05) is 23.7 Å². The van der Waals surface area contributed by atoms with Gasteiger partial charge in [0.2, 0.25) is 0 Å². The second-order valence-corrected chi connectivity index (χ2v) is 5.02. The minimum atomic E-state index is 0.560. The number of para-hydroxylation sites is 1. The second-order valence-electron chi connectivity index (χ2n) is 3.53. The number of nitrogen functional groups attached to an aromatic ring is 1. The molecule has 1 aromatic carbocycles. The fourth-order valence-corrected chi connectivity index (χ4v) is 2.30. The number of rotatable bonds is 5. The van der Waals surface area contributed by atoms with E-state index in [1.807, 2.05) is 30.3 Å². The zero-order chi connectivity index (χ0) is 12.8. The van der Waals surface area contributed by atoms with Crippen LogP contribution in [0.5, 0.6) is 5.75 Å². The Balaban J connectivity index is 1.80. The zero-order valence-electron chi connectivity index (χ0n) is 9.67. The Morgan fingerprint density at radius 3 is 2.83 bits per heavy atom. The molecule has 0 saturated heterocycles. The first kappa shape index (κ1) is 13.1. The van der Waals surface area contributed by atoms with E-state index in [-0.39, 0.29) is 0 Å². The average Bonchev–Trinajstić information content (AvgIpc) is 2.38. The summed E-state index contributed by atoms with van der Waals surface area (Å²) in [4.78, 5) is 4.20. The van der Waals surface area contributed by atoms with Crippen molar-refractivity contribution in [2.45, 2.75) is 5.03 Å². The van der Waals surface area contributed by atoms with E-state index in [9.17, 15) is 0 Å². The number of halogens is 1. The molecular weight excluding hydrogens is 268 g/mol. The van der Waals surface area contributed by atoms with Crippen LogP contribution in [0.2, 0.25) is 5.02 Å². The fraction of sp³-hybridized carbons (Fsp3) is 0.154. The van der Waals surface area contributed by atoms with E-state index in [0.717, 1.165) is 10.8 Å². The van der Waals surface area contributed by atoms with Crippen LogP contribution in [0.15, 0.2) is 47.6 Å². The summed E-state index contributed by atoms with van der Waals surface area (Å²) in [7, 11) is 0. The van der Waals surface area contributed by atoms with Gasteiger partial charge in [-0.25, -0.2) is 4.98 Å². The molecule has 0 spiro atoms. The molecule has 2 N–H and O–H groups in total. The summed E-state index contributed by atoms with van der Waals surface area (Å²) in [5, 5.41) is 1.46. The Morgan fingerprint density at radius 2 is 2.06 bits per heavy atom. The first-order valence-corrected chi connectivity index (χ1v) is 6.84. The van der Waals surface area contributed by atoms with Crippen molar-refractivity contribution in [1.82, 2.24) is 4.98 Å². The van der Waals surface area contributed by atoms with E-state index >= 15 is 0 Å². The van der Waals surface area contributed by atoms with Gasteiger partial charge in [-0.05, 0) is 24.3 Å².